The summed E-state index contributed by atoms with van der Waals surface area (Å²) in [5.41, 5.74) is 3.30. The van der Waals surface area contributed by atoms with Crippen LogP contribution in [0.2, 0.25) is 0 Å². The van der Waals surface area contributed by atoms with E-state index in [1.54, 1.807) is 6.20 Å². The van der Waals surface area contributed by atoms with Gasteiger partial charge in [-0.3, -0.25) is 9.59 Å². The number of hydrogen-bond acceptors (Lipinski definition) is 6. The van der Waals surface area contributed by atoms with Crippen LogP contribution < -0.4 is 21.3 Å². The summed E-state index contributed by atoms with van der Waals surface area (Å²) in [7, 11) is 0. The van der Waals surface area contributed by atoms with E-state index in [1.165, 1.54) is 6.92 Å². The Hall–Kier alpha value is -4.40. The van der Waals surface area contributed by atoms with E-state index in [2.05, 4.69) is 26.3 Å². The highest BCUT2D eigenvalue weighted by atomic mass is 16.2. The normalized spacial score (nSPS) is 10.7. The van der Waals surface area contributed by atoms with Gasteiger partial charge < -0.3 is 26.3 Å². The number of carbonyl (C=O) groups is 2. The van der Waals surface area contributed by atoms with Gasteiger partial charge in [-0.1, -0.05) is 48.5 Å². The van der Waals surface area contributed by atoms with Crippen molar-refractivity contribution in [2.45, 2.75) is 13.8 Å². The number of nitrogens with zero attached hydrogens (tertiary/aromatic N) is 2. The number of H-pyrrole nitrogens is 1. The first-order valence-corrected chi connectivity index (χ1v) is 11.5. The summed E-state index contributed by atoms with van der Waals surface area (Å²) >= 11 is 0. The van der Waals surface area contributed by atoms with Gasteiger partial charge in [-0.2, -0.15) is 0 Å². The van der Waals surface area contributed by atoms with E-state index in [0.29, 0.717) is 49.2 Å². The van der Waals surface area contributed by atoms with Crippen LogP contribution in [0.3, 0.4) is 0 Å². The van der Waals surface area contributed by atoms with Crippen LogP contribution >= 0.6 is 0 Å². The molecule has 0 atom stereocenters. The lowest BCUT2D eigenvalue weighted by Gasteiger charge is -2.16. The van der Waals surface area contributed by atoms with Crippen LogP contribution in [0.4, 0.5) is 11.6 Å². The summed E-state index contributed by atoms with van der Waals surface area (Å²) in [5.74, 6) is 1.75. The topological polar surface area (TPSA) is 124 Å². The molecular formula is C26H29N7O2. The minimum absolute atomic E-state index is 0.0757. The van der Waals surface area contributed by atoms with Crippen molar-refractivity contribution in [1.82, 2.24) is 25.6 Å². The summed E-state index contributed by atoms with van der Waals surface area (Å²) in [4.78, 5) is 36.3. The lowest BCUT2D eigenvalue weighted by Crippen LogP contribution is -2.29. The number of nitrogens with one attached hydrogen (secondary N) is 5. The number of fused-ring (bicyclic) bond motifs is 1. The molecule has 0 aliphatic rings. The number of rotatable bonds is 10. The Kier molecular flexibility index (Phi) is 7.57. The molecule has 5 N–H and O–H groups in total. The molecule has 180 valence electrons. The molecule has 9 nitrogen and oxygen atoms in total. The molecule has 0 fully saturated rings. The Labute approximate surface area is 203 Å². The van der Waals surface area contributed by atoms with E-state index < -0.39 is 0 Å². The number of benzene rings is 2. The third-order valence-electron chi connectivity index (χ3n) is 5.51. The van der Waals surface area contributed by atoms with Gasteiger partial charge in [-0.15, -0.1) is 0 Å². The third kappa shape index (κ3) is 5.94. The first-order chi connectivity index (χ1) is 17.0. The summed E-state index contributed by atoms with van der Waals surface area (Å²) in [6, 6.07) is 17.4. The first-order valence-electron chi connectivity index (χ1n) is 11.5. The van der Waals surface area contributed by atoms with Crippen molar-refractivity contribution in [2.24, 2.45) is 0 Å². The van der Waals surface area contributed by atoms with Gasteiger partial charge in [0.25, 0.3) is 5.91 Å². The van der Waals surface area contributed by atoms with Crippen LogP contribution in [0.15, 0.2) is 60.8 Å². The number of aromatic amines is 1. The largest absolute Gasteiger partial charge is 0.368 e. The summed E-state index contributed by atoms with van der Waals surface area (Å²) in [5, 5.41) is 13.2. The van der Waals surface area contributed by atoms with E-state index in [-0.39, 0.29) is 11.8 Å². The molecule has 2 amide bonds. The highest BCUT2D eigenvalue weighted by Crippen LogP contribution is 2.25. The van der Waals surface area contributed by atoms with E-state index in [9.17, 15) is 9.59 Å². The average molecular weight is 472 g/mol. The van der Waals surface area contributed by atoms with Gasteiger partial charge in [0.05, 0.1) is 5.56 Å². The van der Waals surface area contributed by atoms with Gasteiger partial charge in [0.15, 0.2) is 5.82 Å². The average Bonchev–Trinajstić information content (AvgIpc) is 3.30. The Balaban J connectivity index is 1.43. The quantitative estimate of drug-likeness (QED) is 0.226. The molecule has 4 rings (SSSR count). The van der Waals surface area contributed by atoms with Gasteiger partial charge in [-0.05, 0) is 13.0 Å². The van der Waals surface area contributed by atoms with Crippen LogP contribution in [0.5, 0.6) is 0 Å². The van der Waals surface area contributed by atoms with Crippen molar-refractivity contribution >= 4 is 34.4 Å². The Bertz CT molecular complexity index is 1320. The lowest BCUT2D eigenvalue weighted by atomic mass is 10.1. The molecule has 35 heavy (non-hydrogen) atoms. The fourth-order valence-corrected chi connectivity index (χ4v) is 3.71. The Morgan fingerprint density at radius 2 is 1.46 bits per heavy atom. The number of amides is 2. The van der Waals surface area contributed by atoms with Crippen LogP contribution in [-0.2, 0) is 4.79 Å². The summed E-state index contributed by atoms with van der Waals surface area (Å²) < 4.78 is 0. The second kappa shape index (κ2) is 11.1. The zero-order chi connectivity index (χ0) is 24.6. The SMILES string of the molecule is CC(=O)NCCNc1nc(-c2ccccc2)nc(NCCNC(=O)c2c[nH]c3ccccc23)c1C. The van der Waals surface area contributed by atoms with Gasteiger partial charge >= 0.3 is 0 Å². The maximum atomic E-state index is 12.7. The Morgan fingerprint density at radius 3 is 2.14 bits per heavy atom. The van der Waals surface area contributed by atoms with Gasteiger partial charge in [0.1, 0.15) is 11.6 Å². The van der Waals surface area contributed by atoms with Gasteiger partial charge in [0.2, 0.25) is 5.91 Å². The molecular weight excluding hydrogens is 442 g/mol. The molecule has 0 bridgehead atoms. The van der Waals surface area contributed by atoms with Gasteiger partial charge in [-0.25, -0.2) is 9.97 Å². The monoisotopic (exact) mass is 471 g/mol. The van der Waals surface area contributed by atoms with Crippen molar-refractivity contribution in [2.75, 3.05) is 36.8 Å². The van der Waals surface area contributed by atoms with Crippen LogP contribution in [-0.4, -0.2) is 52.9 Å². The second-order valence-corrected chi connectivity index (χ2v) is 8.08. The maximum absolute atomic E-state index is 12.7. The molecule has 0 aliphatic carbocycles. The zero-order valence-corrected chi connectivity index (χ0v) is 19.8. The number of aromatic nitrogens is 3. The summed E-state index contributed by atoms with van der Waals surface area (Å²) in [6.07, 6.45) is 1.73. The molecule has 9 heteroatoms. The minimum Gasteiger partial charge on any atom is -0.368 e. The predicted octanol–water partition coefficient (Wildman–Crippen LogP) is 3.32. The van der Waals surface area contributed by atoms with Crippen LogP contribution in [0, 0.1) is 6.92 Å². The van der Waals surface area contributed by atoms with Crippen molar-refractivity contribution in [3.8, 4) is 11.4 Å². The predicted molar refractivity (Wildman–Crippen MR) is 138 cm³/mol. The third-order valence-corrected chi connectivity index (χ3v) is 5.51. The molecule has 0 unspecified atom stereocenters. The number of hydrogen-bond donors (Lipinski definition) is 5. The molecule has 0 saturated heterocycles. The van der Waals surface area contributed by atoms with Crippen molar-refractivity contribution < 1.29 is 9.59 Å². The second-order valence-electron chi connectivity index (χ2n) is 8.08. The van der Waals surface area contributed by atoms with E-state index in [4.69, 9.17) is 9.97 Å². The van der Waals surface area contributed by atoms with Crippen molar-refractivity contribution in [3.05, 3.63) is 71.9 Å². The lowest BCUT2D eigenvalue weighted by molar-refractivity contribution is -0.118. The van der Waals surface area contributed by atoms with Crippen LogP contribution in [0.25, 0.3) is 22.3 Å². The molecule has 0 spiro atoms. The molecule has 2 heterocycles. The molecule has 2 aromatic carbocycles. The molecule has 2 aromatic heterocycles. The highest BCUT2D eigenvalue weighted by Gasteiger charge is 2.13. The van der Waals surface area contributed by atoms with E-state index >= 15 is 0 Å². The molecule has 0 saturated carbocycles. The molecule has 0 aliphatic heterocycles. The van der Waals surface area contributed by atoms with Crippen molar-refractivity contribution in [1.29, 1.82) is 0 Å². The minimum atomic E-state index is -0.131. The van der Waals surface area contributed by atoms with Crippen molar-refractivity contribution in [3.63, 3.8) is 0 Å². The first kappa shape index (κ1) is 23.7. The fraction of sp³-hybridized carbons (Fsp3) is 0.231. The van der Waals surface area contributed by atoms with Crippen LogP contribution in [0.1, 0.15) is 22.8 Å². The maximum Gasteiger partial charge on any atom is 0.253 e. The molecule has 4 aromatic rings. The molecule has 0 radical (unpaired) electrons. The van der Waals surface area contributed by atoms with E-state index in [1.807, 2.05) is 61.5 Å². The fourth-order valence-electron chi connectivity index (χ4n) is 3.71. The number of para-hydroxylation sites is 1. The number of carbonyl (C=O) groups excluding carboxylic acids is 2. The van der Waals surface area contributed by atoms with Gasteiger partial charge in [0, 0.05) is 61.3 Å². The number of anilines is 2. The summed E-state index contributed by atoms with van der Waals surface area (Å²) in [6.45, 7) is 5.36. The smallest absolute Gasteiger partial charge is 0.253 e. The van der Waals surface area contributed by atoms with E-state index in [0.717, 1.165) is 22.0 Å². The standard InChI is InChI=1S/C26H29N7O2/c1-17-23(28-13-12-27-18(2)34)32-25(19-8-4-3-5-9-19)33-24(17)29-14-15-30-26(35)21-16-31-22-11-7-6-10-20(21)22/h3-11,16,31H,12-15H2,1-2H3,(H,27,34)(H,30,35)(H2,28,29,32,33). The highest BCUT2D eigenvalue weighted by molar-refractivity contribution is 6.06. The Morgan fingerprint density at radius 1 is 0.829 bits per heavy atom. The zero-order valence-electron chi connectivity index (χ0n) is 19.8.